The number of rotatable bonds is 19. The van der Waals surface area contributed by atoms with Crippen LogP contribution in [0.2, 0.25) is 0 Å². The monoisotopic (exact) mass is 568 g/mol. The fraction of sp³-hybridized carbons (Fsp3) is 0.588. The summed E-state index contributed by atoms with van der Waals surface area (Å²) in [7, 11) is 1.50. The van der Waals surface area contributed by atoms with Gasteiger partial charge in [0.2, 0.25) is 0 Å². The van der Waals surface area contributed by atoms with Crippen molar-refractivity contribution in [2.24, 2.45) is 0 Å². The standard InChI is InChI=1S/C34H48O7/c1-3-4-5-6-7-8-9-10-11-12-13-14-15-16-17-18-33(38)41-31-21-25(19-20-29(31)39-2)30-24-28(37)34-27(36)22-26(35)23-32(34)40-30/h19-23,30,35-36H,3-18,24H2,1-2H3/t30-/m0/s1. The largest absolute Gasteiger partial charge is 0.508 e. The van der Waals surface area contributed by atoms with Gasteiger partial charge in [0, 0.05) is 18.6 Å². The number of Topliss-reactive ketones (excluding diaryl/α,β-unsaturated/α-hetero) is 1. The van der Waals surface area contributed by atoms with Gasteiger partial charge in [-0.25, -0.2) is 0 Å². The molecule has 7 heteroatoms. The third-order valence-corrected chi connectivity index (χ3v) is 7.75. The molecule has 2 aromatic rings. The summed E-state index contributed by atoms with van der Waals surface area (Å²) in [5, 5.41) is 19.8. The van der Waals surface area contributed by atoms with E-state index in [1.54, 1.807) is 18.2 Å². The van der Waals surface area contributed by atoms with Crippen molar-refractivity contribution in [3.05, 3.63) is 41.5 Å². The highest BCUT2D eigenvalue weighted by Crippen LogP contribution is 2.43. The molecule has 2 aromatic carbocycles. The Balaban J connectivity index is 1.35. The van der Waals surface area contributed by atoms with Gasteiger partial charge in [-0.3, -0.25) is 9.59 Å². The second-order valence-electron chi connectivity index (χ2n) is 11.2. The molecule has 0 aromatic heterocycles. The van der Waals surface area contributed by atoms with E-state index in [0.29, 0.717) is 17.7 Å². The number of methoxy groups -OCH3 is 1. The highest BCUT2D eigenvalue weighted by atomic mass is 16.6. The quantitative estimate of drug-likeness (QED) is 0.0990. The molecule has 1 heterocycles. The van der Waals surface area contributed by atoms with E-state index >= 15 is 0 Å². The van der Waals surface area contributed by atoms with E-state index in [9.17, 15) is 19.8 Å². The van der Waals surface area contributed by atoms with Gasteiger partial charge in [-0.1, -0.05) is 103 Å². The molecule has 0 bridgehead atoms. The van der Waals surface area contributed by atoms with Crippen LogP contribution in [-0.4, -0.2) is 29.1 Å². The highest BCUT2D eigenvalue weighted by molar-refractivity contribution is 6.02. The van der Waals surface area contributed by atoms with Crippen molar-refractivity contribution < 1.29 is 34.0 Å². The average Bonchev–Trinajstić information content (AvgIpc) is 2.94. The number of ketones is 1. The van der Waals surface area contributed by atoms with Crippen LogP contribution >= 0.6 is 0 Å². The second kappa shape index (κ2) is 17.6. The predicted molar refractivity (Wildman–Crippen MR) is 160 cm³/mol. The molecular formula is C34H48O7. The molecule has 0 aliphatic carbocycles. The first kappa shape index (κ1) is 32.3. The zero-order chi connectivity index (χ0) is 29.5. The number of aromatic hydroxyl groups is 2. The van der Waals surface area contributed by atoms with Crippen LogP contribution in [0.25, 0.3) is 0 Å². The highest BCUT2D eigenvalue weighted by Gasteiger charge is 2.31. The molecule has 1 aliphatic heterocycles. The number of unbranched alkanes of at least 4 members (excludes halogenated alkanes) is 14. The van der Waals surface area contributed by atoms with Crippen molar-refractivity contribution in [1.29, 1.82) is 0 Å². The molecule has 1 aliphatic rings. The fourth-order valence-corrected chi connectivity index (χ4v) is 5.40. The van der Waals surface area contributed by atoms with Gasteiger partial charge in [-0.2, -0.15) is 0 Å². The summed E-state index contributed by atoms with van der Waals surface area (Å²) in [6, 6.07) is 7.49. The fourth-order valence-electron chi connectivity index (χ4n) is 5.40. The lowest BCUT2D eigenvalue weighted by Gasteiger charge is -2.26. The lowest BCUT2D eigenvalue weighted by Crippen LogP contribution is -2.20. The Morgan fingerprint density at radius 1 is 0.829 bits per heavy atom. The lowest BCUT2D eigenvalue weighted by molar-refractivity contribution is -0.134. The van der Waals surface area contributed by atoms with Crippen LogP contribution in [0, 0.1) is 0 Å². The summed E-state index contributed by atoms with van der Waals surface area (Å²) < 4.78 is 16.9. The van der Waals surface area contributed by atoms with Crippen LogP contribution in [0.1, 0.15) is 138 Å². The number of carbonyl (C=O) groups is 2. The molecule has 0 unspecified atom stereocenters. The molecule has 0 fully saturated rings. The van der Waals surface area contributed by atoms with Crippen LogP contribution in [0.4, 0.5) is 0 Å². The van der Waals surface area contributed by atoms with Crippen molar-refractivity contribution in [2.75, 3.05) is 7.11 Å². The number of carbonyl (C=O) groups excluding carboxylic acids is 2. The van der Waals surface area contributed by atoms with Crippen LogP contribution in [0.3, 0.4) is 0 Å². The van der Waals surface area contributed by atoms with Gasteiger partial charge in [0.05, 0.1) is 13.5 Å². The third-order valence-electron chi connectivity index (χ3n) is 7.75. The van der Waals surface area contributed by atoms with Crippen LogP contribution < -0.4 is 14.2 Å². The third kappa shape index (κ3) is 10.6. The van der Waals surface area contributed by atoms with Crippen molar-refractivity contribution in [2.45, 2.75) is 122 Å². The SMILES string of the molecule is CCCCCCCCCCCCCCCCCC(=O)Oc1cc([C@@H]2CC(=O)c3c(O)cc(O)cc3O2)ccc1OC. The number of ether oxygens (including phenoxy) is 3. The molecule has 226 valence electrons. The topological polar surface area (TPSA) is 102 Å². The van der Waals surface area contributed by atoms with Crippen molar-refractivity contribution in [3.8, 4) is 28.7 Å². The number of esters is 1. The van der Waals surface area contributed by atoms with E-state index in [4.69, 9.17) is 14.2 Å². The Bertz CT molecular complexity index is 1110. The molecule has 2 N–H and O–H groups in total. The number of hydrogen-bond acceptors (Lipinski definition) is 7. The lowest BCUT2D eigenvalue weighted by atomic mass is 9.95. The maximum Gasteiger partial charge on any atom is 0.311 e. The normalized spacial score (nSPS) is 14.4. The zero-order valence-electron chi connectivity index (χ0n) is 24.9. The molecule has 0 amide bonds. The van der Waals surface area contributed by atoms with E-state index in [1.807, 2.05) is 0 Å². The molecule has 7 nitrogen and oxygen atoms in total. The van der Waals surface area contributed by atoms with Gasteiger partial charge >= 0.3 is 5.97 Å². The van der Waals surface area contributed by atoms with Crippen LogP contribution in [0.5, 0.6) is 28.7 Å². The summed E-state index contributed by atoms with van der Waals surface area (Å²) in [5.74, 6) is -0.323. The van der Waals surface area contributed by atoms with E-state index in [-0.39, 0.29) is 46.7 Å². The number of fused-ring (bicyclic) bond motifs is 1. The van der Waals surface area contributed by atoms with Gasteiger partial charge in [-0.05, 0) is 24.1 Å². The van der Waals surface area contributed by atoms with Gasteiger partial charge in [0.15, 0.2) is 17.3 Å². The number of benzene rings is 2. The molecule has 3 rings (SSSR count). The first-order chi connectivity index (χ1) is 19.9. The second-order valence-corrected chi connectivity index (χ2v) is 11.2. The summed E-state index contributed by atoms with van der Waals surface area (Å²) >= 11 is 0. The average molecular weight is 569 g/mol. The van der Waals surface area contributed by atoms with Crippen molar-refractivity contribution in [1.82, 2.24) is 0 Å². The summed E-state index contributed by atoms with van der Waals surface area (Å²) in [6.45, 7) is 2.26. The van der Waals surface area contributed by atoms with Gasteiger partial charge in [0.1, 0.15) is 28.9 Å². The molecule has 1 atom stereocenters. The first-order valence-corrected chi connectivity index (χ1v) is 15.6. The van der Waals surface area contributed by atoms with Crippen molar-refractivity contribution >= 4 is 11.8 Å². The molecule has 0 spiro atoms. The van der Waals surface area contributed by atoms with E-state index in [2.05, 4.69) is 6.92 Å². The molecule has 0 radical (unpaired) electrons. The minimum absolute atomic E-state index is 0.00414. The minimum Gasteiger partial charge on any atom is -0.508 e. The van der Waals surface area contributed by atoms with Crippen LogP contribution in [0.15, 0.2) is 30.3 Å². The van der Waals surface area contributed by atoms with Crippen molar-refractivity contribution in [3.63, 3.8) is 0 Å². The maximum absolute atomic E-state index is 12.7. The Hall–Kier alpha value is -3.22. The minimum atomic E-state index is -0.657. The summed E-state index contributed by atoms with van der Waals surface area (Å²) in [4.78, 5) is 25.2. The predicted octanol–water partition coefficient (Wildman–Crippen LogP) is 8.98. The van der Waals surface area contributed by atoms with Gasteiger partial charge in [0.25, 0.3) is 0 Å². The number of hydrogen-bond donors (Lipinski definition) is 2. The molecule has 41 heavy (non-hydrogen) atoms. The van der Waals surface area contributed by atoms with Crippen LogP contribution in [-0.2, 0) is 4.79 Å². The zero-order valence-corrected chi connectivity index (χ0v) is 24.9. The molecular weight excluding hydrogens is 520 g/mol. The van der Waals surface area contributed by atoms with E-state index in [0.717, 1.165) is 25.3 Å². The molecule has 0 saturated heterocycles. The summed E-state index contributed by atoms with van der Waals surface area (Å²) in [5.41, 5.74) is 0.685. The van der Waals surface area contributed by atoms with E-state index < -0.39 is 6.10 Å². The number of phenolic OH excluding ortho intramolecular Hbond substituents is 2. The van der Waals surface area contributed by atoms with E-state index in [1.165, 1.54) is 90.2 Å². The molecule has 0 saturated carbocycles. The Morgan fingerprint density at radius 3 is 2.00 bits per heavy atom. The van der Waals surface area contributed by atoms with Gasteiger partial charge in [-0.15, -0.1) is 0 Å². The first-order valence-electron chi connectivity index (χ1n) is 15.6. The summed E-state index contributed by atoms with van der Waals surface area (Å²) in [6.07, 6.45) is 18.7. The Labute approximate surface area is 245 Å². The smallest absolute Gasteiger partial charge is 0.311 e. The number of phenols is 2. The maximum atomic E-state index is 12.7. The van der Waals surface area contributed by atoms with Gasteiger partial charge < -0.3 is 24.4 Å². The Morgan fingerprint density at radius 2 is 1.41 bits per heavy atom. The Kier molecular flexibility index (Phi) is 13.8.